The highest BCUT2D eigenvalue weighted by molar-refractivity contribution is 8.03. The van der Waals surface area contributed by atoms with Crippen LogP contribution in [-0.4, -0.2) is 4.98 Å². The average Bonchev–Trinajstić information content (AvgIpc) is 2.78. The van der Waals surface area contributed by atoms with Crippen LogP contribution in [0.3, 0.4) is 0 Å². The summed E-state index contributed by atoms with van der Waals surface area (Å²) in [7, 11) is 0. The fourth-order valence-electron chi connectivity index (χ4n) is 2.35. The molecular formula is C16H11ClN2S. The number of hydrogen-bond acceptors (Lipinski definition) is 2. The molecule has 4 heteroatoms. The third kappa shape index (κ3) is 2.18. The van der Waals surface area contributed by atoms with Crippen LogP contribution in [0.4, 0.5) is 0 Å². The molecule has 98 valence electrons. The van der Waals surface area contributed by atoms with Crippen molar-refractivity contribution in [2.45, 2.75) is 11.8 Å². The summed E-state index contributed by atoms with van der Waals surface area (Å²) in [6, 6.07) is 14.0. The molecule has 3 aromatic rings. The molecule has 2 aromatic carbocycles. The molecule has 0 aliphatic rings. The molecule has 0 fully saturated rings. The fourth-order valence-corrected chi connectivity index (χ4v) is 3.06. The average molecular weight is 299 g/mol. The van der Waals surface area contributed by atoms with Gasteiger partial charge in [-0.2, -0.15) is 5.26 Å². The van der Waals surface area contributed by atoms with Crippen molar-refractivity contribution in [3.8, 4) is 16.7 Å². The zero-order valence-corrected chi connectivity index (χ0v) is 12.3. The van der Waals surface area contributed by atoms with E-state index in [9.17, 15) is 0 Å². The van der Waals surface area contributed by atoms with Crippen molar-refractivity contribution < 1.29 is 0 Å². The van der Waals surface area contributed by atoms with Crippen molar-refractivity contribution in [1.29, 1.82) is 5.26 Å². The summed E-state index contributed by atoms with van der Waals surface area (Å²) in [6.07, 6.45) is 0. The van der Waals surface area contributed by atoms with Gasteiger partial charge in [0.15, 0.2) is 0 Å². The summed E-state index contributed by atoms with van der Waals surface area (Å²) in [5.74, 6) is 0. The van der Waals surface area contributed by atoms with E-state index < -0.39 is 0 Å². The van der Waals surface area contributed by atoms with Gasteiger partial charge in [0.2, 0.25) is 0 Å². The first-order chi connectivity index (χ1) is 9.70. The molecule has 0 aliphatic heterocycles. The predicted octanol–water partition coefficient (Wildman–Crippen LogP) is 5.37. The van der Waals surface area contributed by atoms with Gasteiger partial charge >= 0.3 is 0 Å². The molecule has 3 rings (SSSR count). The molecule has 0 aliphatic carbocycles. The summed E-state index contributed by atoms with van der Waals surface area (Å²) in [6.45, 7) is 2.08. The Hall–Kier alpha value is -1.89. The van der Waals surface area contributed by atoms with Gasteiger partial charge in [-0.3, -0.25) is 0 Å². The highest BCUT2D eigenvalue weighted by atomic mass is 35.5. The molecule has 0 saturated heterocycles. The minimum Gasteiger partial charge on any atom is -0.354 e. The van der Waals surface area contributed by atoms with Gasteiger partial charge in [-0.1, -0.05) is 41.9 Å². The summed E-state index contributed by atoms with van der Waals surface area (Å²) in [4.78, 5) is 4.20. The first-order valence-electron chi connectivity index (χ1n) is 6.14. The first kappa shape index (κ1) is 13.1. The van der Waals surface area contributed by atoms with E-state index in [1.807, 2.05) is 30.3 Å². The molecule has 0 radical (unpaired) electrons. The van der Waals surface area contributed by atoms with Crippen LogP contribution < -0.4 is 0 Å². The molecule has 0 amide bonds. The van der Waals surface area contributed by atoms with Crippen molar-refractivity contribution in [1.82, 2.24) is 4.98 Å². The van der Waals surface area contributed by atoms with Crippen LogP contribution in [0.2, 0.25) is 5.02 Å². The van der Waals surface area contributed by atoms with Crippen molar-refractivity contribution >= 4 is 34.3 Å². The maximum atomic E-state index is 8.80. The Bertz CT molecular complexity index is 816. The number of nitrogens with zero attached hydrogens (tertiary/aromatic N) is 1. The quantitative estimate of drug-likeness (QED) is 0.510. The highest BCUT2D eigenvalue weighted by Gasteiger charge is 2.12. The lowest BCUT2D eigenvalue weighted by molar-refractivity contribution is 1.40. The summed E-state index contributed by atoms with van der Waals surface area (Å²) in [5.41, 5.74) is 4.41. The number of rotatable bonds is 2. The van der Waals surface area contributed by atoms with Crippen LogP contribution in [-0.2, 0) is 0 Å². The lowest BCUT2D eigenvalue weighted by Gasteiger charge is -2.00. The van der Waals surface area contributed by atoms with E-state index in [0.29, 0.717) is 5.02 Å². The zero-order chi connectivity index (χ0) is 14.1. The summed E-state index contributed by atoms with van der Waals surface area (Å²) >= 11 is 7.30. The molecule has 0 spiro atoms. The molecule has 2 nitrogen and oxygen atoms in total. The van der Waals surface area contributed by atoms with E-state index in [1.165, 1.54) is 5.56 Å². The summed E-state index contributed by atoms with van der Waals surface area (Å²) in [5, 5.41) is 12.6. The first-order valence-corrected chi connectivity index (χ1v) is 7.33. The number of aromatic amines is 1. The van der Waals surface area contributed by atoms with E-state index in [0.717, 1.165) is 38.8 Å². The Balaban J connectivity index is 2.23. The highest BCUT2D eigenvalue weighted by Crippen LogP contribution is 2.35. The van der Waals surface area contributed by atoms with Gasteiger partial charge in [0.1, 0.15) is 5.40 Å². The number of thiocyanates is 1. The lowest BCUT2D eigenvalue weighted by Crippen LogP contribution is -1.78. The van der Waals surface area contributed by atoms with Gasteiger partial charge in [0.05, 0.1) is 5.02 Å². The molecule has 0 atom stereocenters. The van der Waals surface area contributed by atoms with Gasteiger partial charge in [0, 0.05) is 21.5 Å². The van der Waals surface area contributed by atoms with Crippen molar-refractivity contribution in [2.24, 2.45) is 0 Å². The van der Waals surface area contributed by atoms with E-state index >= 15 is 0 Å². The van der Waals surface area contributed by atoms with Gasteiger partial charge in [-0.15, -0.1) is 0 Å². The van der Waals surface area contributed by atoms with E-state index in [2.05, 4.69) is 29.4 Å². The molecule has 1 heterocycles. The molecule has 0 unspecified atom stereocenters. The monoisotopic (exact) mass is 298 g/mol. The topological polar surface area (TPSA) is 39.6 Å². The number of nitriles is 1. The van der Waals surface area contributed by atoms with Crippen LogP contribution in [0.25, 0.3) is 22.2 Å². The maximum Gasteiger partial charge on any atom is 0.138 e. The minimum atomic E-state index is 0.616. The third-order valence-corrected chi connectivity index (χ3v) is 4.40. The van der Waals surface area contributed by atoms with Crippen LogP contribution in [0, 0.1) is 17.6 Å². The smallest absolute Gasteiger partial charge is 0.138 e. The number of benzene rings is 2. The largest absolute Gasteiger partial charge is 0.354 e. The van der Waals surface area contributed by atoms with E-state index in [1.54, 1.807) is 0 Å². The summed E-state index contributed by atoms with van der Waals surface area (Å²) < 4.78 is 0. The Kier molecular flexibility index (Phi) is 3.43. The fraction of sp³-hybridized carbons (Fsp3) is 0.0625. The number of thioether (sulfide) groups is 1. The molecular weight excluding hydrogens is 288 g/mol. The van der Waals surface area contributed by atoms with Crippen molar-refractivity contribution in [2.75, 3.05) is 0 Å². The number of halogens is 1. The second kappa shape index (κ2) is 5.24. The van der Waals surface area contributed by atoms with E-state index in [-0.39, 0.29) is 0 Å². The van der Waals surface area contributed by atoms with Crippen LogP contribution in [0.1, 0.15) is 5.56 Å². The molecule has 20 heavy (non-hydrogen) atoms. The Labute approximate surface area is 126 Å². The third-order valence-electron chi connectivity index (χ3n) is 3.33. The van der Waals surface area contributed by atoms with Crippen molar-refractivity contribution in [3.05, 3.63) is 53.1 Å². The minimum absolute atomic E-state index is 0.616. The number of aromatic nitrogens is 1. The molecule has 1 N–H and O–H groups in total. The van der Waals surface area contributed by atoms with Crippen LogP contribution in [0.5, 0.6) is 0 Å². The predicted molar refractivity (Wildman–Crippen MR) is 85.0 cm³/mol. The Morgan fingerprint density at radius 3 is 2.65 bits per heavy atom. The number of fused-ring (bicyclic) bond motifs is 1. The molecule has 1 aromatic heterocycles. The van der Waals surface area contributed by atoms with Crippen molar-refractivity contribution in [3.63, 3.8) is 0 Å². The Morgan fingerprint density at radius 1 is 1.20 bits per heavy atom. The van der Waals surface area contributed by atoms with Gasteiger partial charge in [-0.25, -0.2) is 0 Å². The normalized spacial score (nSPS) is 10.7. The standard InChI is InChI=1S/C16H11ClN2S/c1-10-12-7-13(17)15(20-9-18)8-14(12)19-16(10)11-5-3-2-4-6-11/h2-8,19H,1H3. The SMILES string of the molecule is Cc1c(-c2ccccc2)[nH]c2cc(SC#N)c(Cl)cc12. The van der Waals surface area contributed by atoms with Gasteiger partial charge in [-0.05, 0) is 41.9 Å². The van der Waals surface area contributed by atoms with E-state index in [4.69, 9.17) is 16.9 Å². The van der Waals surface area contributed by atoms with Gasteiger partial charge in [0.25, 0.3) is 0 Å². The number of hydrogen-bond donors (Lipinski definition) is 1. The number of nitrogens with one attached hydrogen (secondary N) is 1. The van der Waals surface area contributed by atoms with Crippen LogP contribution >= 0.6 is 23.4 Å². The second-order valence-electron chi connectivity index (χ2n) is 4.51. The zero-order valence-electron chi connectivity index (χ0n) is 10.8. The van der Waals surface area contributed by atoms with Gasteiger partial charge < -0.3 is 4.98 Å². The molecule has 0 bridgehead atoms. The Morgan fingerprint density at radius 2 is 1.95 bits per heavy atom. The second-order valence-corrected chi connectivity index (χ2v) is 5.75. The number of H-pyrrole nitrogens is 1. The lowest BCUT2D eigenvalue weighted by atomic mass is 10.1. The number of aryl methyl sites for hydroxylation is 1. The van der Waals surface area contributed by atoms with Crippen LogP contribution in [0.15, 0.2) is 47.4 Å². The molecule has 0 saturated carbocycles. The maximum absolute atomic E-state index is 8.80.